The molecule has 0 aliphatic rings. The van der Waals surface area contributed by atoms with Crippen molar-refractivity contribution in [2.45, 2.75) is 24.0 Å². The van der Waals surface area contributed by atoms with E-state index in [0.29, 0.717) is 16.3 Å². The summed E-state index contributed by atoms with van der Waals surface area (Å²) in [4.78, 5) is 0.644. The molecule has 1 unspecified atom stereocenters. The lowest BCUT2D eigenvalue weighted by molar-refractivity contribution is 0.675. The third-order valence-corrected chi connectivity index (χ3v) is 5.78. The van der Waals surface area contributed by atoms with E-state index < -0.39 is 10.8 Å². The van der Waals surface area contributed by atoms with Gasteiger partial charge in [-0.15, -0.1) is 0 Å². The highest BCUT2D eigenvalue weighted by Crippen LogP contribution is 2.27. The summed E-state index contributed by atoms with van der Waals surface area (Å²) in [5, 5.41) is 4.41. The molecule has 0 saturated heterocycles. The van der Waals surface area contributed by atoms with Crippen LogP contribution in [0.5, 0.6) is 0 Å². The number of hydrogen-bond donors (Lipinski definition) is 1. The third-order valence-electron chi connectivity index (χ3n) is 2.99. The molecular formula is C13H15Br2N3OS. The normalized spacial score (nSPS) is 12.6. The molecule has 0 radical (unpaired) electrons. The second-order valence-corrected chi connectivity index (χ2v) is 7.48. The maximum absolute atomic E-state index is 12.5. The molecule has 20 heavy (non-hydrogen) atoms. The molecule has 0 saturated carbocycles. The van der Waals surface area contributed by atoms with Crippen molar-refractivity contribution in [3.05, 3.63) is 38.5 Å². The lowest BCUT2D eigenvalue weighted by Gasteiger charge is -2.07. The number of anilines is 1. The number of rotatable bonds is 4. The number of nitrogens with two attached hydrogens (primary N) is 1. The maximum Gasteiger partial charge on any atom is 0.0767 e. The first-order valence-corrected chi connectivity index (χ1v) is 8.98. The summed E-state index contributed by atoms with van der Waals surface area (Å²) in [7, 11) is 0.651. The van der Waals surface area contributed by atoms with Gasteiger partial charge in [0.15, 0.2) is 0 Å². The zero-order chi connectivity index (χ0) is 14.9. The van der Waals surface area contributed by atoms with Crippen LogP contribution in [0.1, 0.15) is 18.3 Å². The zero-order valence-corrected chi connectivity index (χ0v) is 15.2. The van der Waals surface area contributed by atoms with E-state index in [9.17, 15) is 4.21 Å². The number of halogens is 2. The minimum absolute atomic E-state index is 0.380. The van der Waals surface area contributed by atoms with Crippen LogP contribution in [0.2, 0.25) is 0 Å². The highest BCUT2D eigenvalue weighted by molar-refractivity contribution is 9.10. The van der Waals surface area contributed by atoms with Crippen LogP contribution in [0, 0.1) is 0 Å². The fourth-order valence-corrected chi connectivity index (χ4v) is 4.66. The van der Waals surface area contributed by atoms with Gasteiger partial charge in [-0.2, -0.15) is 5.10 Å². The molecule has 1 aromatic carbocycles. The van der Waals surface area contributed by atoms with Crippen LogP contribution in [0.3, 0.4) is 0 Å². The highest BCUT2D eigenvalue weighted by Gasteiger charge is 2.17. The molecule has 2 aromatic rings. The second kappa shape index (κ2) is 6.41. The lowest BCUT2D eigenvalue weighted by Crippen LogP contribution is -2.05. The molecule has 0 bridgehead atoms. The lowest BCUT2D eigenvalue weighted by atomic mass is 10.3. The van der Waals surface area contributed by atoms with E-state index >= 15 is 0 Å². The van der Waals surface area contributed by atoms with Gasteiger partial charge in [-0.1, -0.05) is 22.9 Å². The Morgan fingerprint density at radius 2 is 2.10 bits per heavy atom. The maximum atomic E-state index is 12.5. The summed E-state index contributed by atoms with van der Waals surface area (Å²) in [5.74, 6) is 0.380. The monoisotopic (exact) mass is 419 g/mol. The average molecular weight is 421 g/mol. The predicted octanol–water partition coefficient (Wildman–Crippen LogP) is 3.40. The van der Waals surface area contributed by atoms with Crippen molar-refractivity contribution in [3.63, 3.8) is 0 Å². The molecule has 0 aliphatic heterocycles. The summed E-state index contributed by atoms with van der Waals surface area (Å²) in [6, 6.07) is 5.40. The summed E-state index contributed by atoms with van der Waals surface area (Å²) in [6.45, 7) is 2.04. The number of hydrogen-bond acceptors (Lipinski definition) is 3. The molecule has 1 heterocycles. The number of nitrogen functional groups attached to an aromatic ring is 1. The number of nitrogens with zero attached hydrogens (tertiary/aromatic N) is 2. The van der Waals surface area contributed by atoms with E-state index in [4.69, 9.17) is 5.73 Å². The van der Waals surface area contributed by atoms with Gasteiger partial charge >= 0.3 is 0 Å². The first-order valence-electron chi connectivity index (χ1n) is 6.07. The largest absolute Gasteiger partial charge is 0.398 e. The Morgan fingerprint density at radius 1 is 1.40 bits per heavy atom. The summed E-state index contributed by atoms with van der Waals surface area (Å²) in [5.41, 5.74) is 8.34. The van der Waals surface area contributed by atoms with Gasteiger partial charge in [-0.3, -0.25) is 8.89 Å². The molecule has 7 heteroatoms. The molecule has 4 nitrogen and oxygen atoms in total. The SMILES string of the molecule is CCc1nn(C)c(CS(=O)c2cc(Br)ccc2N)c1Br. The van der Waals surface area contributed by atoms with Crippen molar-refractivity contribution in [2.75, 3.05) is 5.73 Å². The first-order chi connectivity index (χ1) is 9.43. The van der Waals surface area contributed by atoms with Gasteiger partial charge in [0, 0.05) is 17.2 Å². The van der Waals surface area contributed by atoms with Crippen LogP contribution in [-0.4, -0.2) is 14.0 Å². The van der Waals surface area contributed by atoms with Crippen molar-refractivity contribution < 1.29 is 4.21 Å². The minimum atomic E-state index is -1.21. The number of benzene rings is 1. The van der Waals surface area contributed by atoms with Gasteiger partial charge in [0.05, 0.1) is 37.3 Å². The molecule has 108 valence electrons. The van der Waals surface area contributed by atoms with Crippen LogP contribution >= 0.6 is 31.9 Å². The smallest absolute Gasteiger partial charge is 0.0767 e. The highest BCUT2D eigenvalue weighted by atomic mass is 79.9. The number of aryl methyl sites for hydroxylation is 2. The van der Waals surface area contributed by atoms with Crippen molar-refractivity contribution in [1.29, 1.82) is 0 Å². The molecule has 2 rings (SSSR count). The zero-order valence-electron chi connectivity index (χ0n) is 11.2. The van der Waals surface area contributed by atoms with Crippen LogP contribution in [0.4, 0.5) is 5.69 Å². The molecule has 0 fully saturated rings. The van der Waals surface area contributed by atoms with E-state index in [-0.39, 0.29) is 0 Å². The standard InChI is InChI=1S/C13H15Br2N3OS/c1-3-10-13(15)11(18(2)17-10)7-20(19)12-6-8(14)4-5-9(12)16/h4-6H,3,7,16H2,1-2H3. The van der Waals surface area contributed by atoms with E-state index in [1.807, 2.05) is 20.0 Å². The topological polar surface area (TPSA) is 60.9 Å². The minimum Gasteiger partial charge on any atom is -0.398 e. The Hall–Kier alpha value is -0.660. The molecule has 0 spiro atoms. The number of aromatic nitrogens is 2. The summed E-state index contributed by atoms with van der Waals surface area (Å²) in [6.07, 6.45) is 0.833. The van der Waals surface area contributed by atoms with E-state index in [2.05, 4.69) is 37.0 Å². The third kappa shape index (κ3) is 3.15. The van der Waals surface area contributed by atoms with Gasteiger partial charge in [-0.25, -0.2) is 0 Å². The van der Waals surface area contributed by atoms with E-state index in [0.717, 1.165) is 26.8 Å². The Morgan fingerprint density at radius 3 is 2.70 bits per heavy atom. The van der Waals surface area contributed by atoms with Crippen molar-refractivity contribution in [3.8, 4) is 0 Å². The molecule has 1 atom stereocenters. The van der Waals surface area contributed by atoms with Gasteiger partial charge in [0.1, 0.15) is 0 Å². The Bertz CT molecular complexity index is 670. The first kappa shape index (κ1) is 15.7. The van der Waals surface area contributed by atoms with Crippen LogP contribution in [-0.2, 0) is 30.0 Å². The second-order valence-electron chi connectivity index (χ2n) is 4.36. The quantitative estimate of drug-likeness (QED) is 0.771. The fourth-order valence-electron chi connectivity index (χ4n) is 1.88. The van der Waals surface area contributed by atoms with Gasteiger partial charge in [-0.05, 0) is 40.5 Å². The fraction of sp³-hybridized carbons (Fsp3) is 0.308. The van der Waals surface area contributed by atoms with Crippen LogP contribution in [0.25, 0.3) is 0 Å². The average Bonchev–Trinajstić information content (AvgIpc) is 2.68. The molecular weight excluding hydrogens is 406 g/mol. The Balaban J connectivity index is 2.33. The Kier molecular flexibility index (Phi) is 5.04. The van der Waals surface area contributed by atoms with E-state index in [1.165, 1.54) is 0 Å². The van der Waals surface area contributed by atoms with Crippen molar-refractivity contribution in [2.24, 2.45) is 7.05 Å². The molecule has 1 aromatic heterocycles. The van der Waals surface area contributed by atoms with Crippen LogP contribution < -0.4 is 5.73 Å². The van der Waals surface area contributed by atoms with E-state index in [1.54, 1.807) is 16.8 Å². The molecule has 0 amide bonds. The van der Waals surface area contributed by atoms with Crippen LogP contribution in [0.15, 0.2) is 32.0 Å². The van der Waals surface area contributed by atoms with Crippen molar-refractivity contribution >= 4 is 48.3 Å². The summed E-state index contributed by atoms with van der Waals surface area (Å²) >= 11 is 6.92. The Labute approximate surface area is 137 Å². The van der Waals surface area contributed by atoms with Gasteiger partial charge in [0.2, 0.25) is 0 Å². The summed E-state index contributed by atoms with van der Waals surface area (Å²) < 4.78 is 16.1. The predicted molar refractivity (Wildman–Crippen MR) is 89.0 cm³/mol. The van der Waals surface area contributed by atoms with Gasteiger partial charge in [0.25, 0.3) is 0 Å². The molecule has 2 N–H and O–H groups in total. The van der Waals surface area contributed by atoms with Gasteiger partial charge < -0.3 is 5.73 Å². The van der Waals surface area contributed by atoms with Crippen molar-refractivity contribution in [1.82, 2.24) is 9.78 Å². The molecule has 0 aliphatic carbocycles.